The van der Waals surface area contributed by atoms with E-state index in [2.05, 4.69) is 160 Å². The molecule has 12 aromatic rings. The maximum absolute atomic E-state index is 6.56. The van der Waals surface area contributed by atoms with Crippen LogP contribution >= 0.6 is 67.9 Å². The third-order valence-electron chi connectivity index (χ3n) is 14.2. The Bertz CT molecular complexity index is 4270. The molecule has 8 aromatic heterocycles. The molecule has 0 atom stereocenters. The molecule has 0 fully saturated rings. The summed E-state index contributed by atoms with van der Waals surface area (Å²) in [7, 11) is 0. The van der Waals surface area contributed by atoms with E-state index in [0.717, 1.165) is 99.9 Å². The number of hydrogen-bond donors (Lipinski definition) is 2. The van der Waals surface area contributed by atoms with Crippen LogP contribution in [-0.2, 0) is 25.7 Å². The summed E-state index contributed by atoms with van der Waals surface area (Å²) in [4.78, 5) is 25.8. The lowest BCUT2D eigenvalue weighted by Crippen LogP contribution is -2.14. The van der Waals surface area contributed by atoms with Crippen molar-refractivity contribution in [3.63, 3.8) is 0 Å². The van der Waals surface area contributed by atoms with Gasteiger partial charge in [-0.05, 0) is 120 Å². The highest BCUT2D eigenvalue weighted by molar-refractivity contribution is 8.93. The van der Waals surface area contributed by atoms with Crippen molar-refractivity contribution < 1.29 is 18.9 Å². The number of ether oxygens (including phenoxy) is 4. The first-order chi connectivity index (χ1) is 39.6. The summed E-state index contributed by atoms with van der Waals surface area (Å²) in [5.74, 6) is 2.76. The second-order valence-corrected chi connectivity index (χ2v) is 19.6. The molecule has 0 radical (unpaired) electrons. The van der Waals surface area contributed by atoms with Crippen molar-refractivity contribution in [2.24, 2.45) is 0 Å². The topological polar surface area (TPSA) is 130 Å². The molecule has 16 heteroatoms. The predicted octanol–water partition coefficient (Wildman–Crippen LogP) is 12.2. The minimum atomic E-state index is 0. The van der Waals surface area contributed by atoms with Crippen molar-refractivity contribution in [2.75, 3.05) is 26.4 Å². The van der Waals surface area contributed by atoms with E-state index in [1.807, 2.05) is 110 Å². The molecule has 9 heterocycles. The fraction of sp³-hybridized carbons (Fsp3) is 0.118. The molecule has 0 saturated heterocycles. The third kappa shape index (κ3) is 14.0. The Balaban J connectivity index is 0.00000212. The minimum absolute atomic E-state index is 0. The normalized spacial score (nSPS) is 11.2. The molecule has 12 nitrogen and oxygen atoms in total. The average molecular weight is 1370 g/mol. The first-order valence-electron chi connectivity index (χ1n) is 27.1. The van der Waals surface area contributed by atoms with Gasteiger partial charge in [-0.1, -0.05) is 60.7 Å². The first kappa shape index (κ1) is 60.3. The van der Waals surface area contributed by atoms with Crippen LogP contribution in [0.15, 0.2) is 207 Å². The Kier molecular flexibility index (Phi) is 20.3. The summed E-state index contributed by atoms with van der Waals surface area (Å²) in [6.45, 7) is 1.77. The number of fused-ring (bicyclic) bond motifs is 13. The van der Waals surface area contributed by atoms with Gasteiger partial charge in [-0.25, -0.2) is 0 Å². The Morgan fingerprint density at radius 1 is 0.333 bits per heavy atom. The zero-order chi connectivity index (χ0) is 53.5. The first-order valence-corrected chi connectivity index (χ1v) is 27.1. The second kappa shape index (κ2) is 28.3. The number of nitrogens with zero attached hydrogens (tertiary/aromatic N) is 6. The lowest BCUT2D eigenvalue weighted by Gasteiger charge is -2.16. The summed E-state index contributed by atoms with van der Waals surface area (Å²) < 4.78 is 30.8. The summed E-state index contributed by atoms with van der Waals surface area (Å²) >= 11 is 0. The Hall–Kier alpha value is -8.28. The van der Waals surface area contributed by atoms with Gasteiger partial charge in [-0.3, -0.25) is 19.9 Å². The zero-order valence-corrected chi connectivity index (χ0v) is 52.4. The molecule has 0 saturated carbocycles. The number of H-pyrrole nitrogens is 2. The van der Waals surface area contributed by atoms with Gasteiger partial charge >= 0.3 is 0 Å². The number of halogens is 4. The minimum Gasteiger partial charge on any atom is -0.493 e. The fourth-order valence-corrected chi connectivity index (χ4v) is 10.5. The molecule has 1 aliphatic heterocycles. The molecular formula is C68H60Br4N8O4. The number of benzene rings is 4. The van der Waals surface area contributed by atoms with Crippen LogP contribution in [0.2, 0.25) is 0 Å². The number of nitrogens with one attached hydrogen (secondary N) is 2. The SMILES string of the molecule is Br.Br.Br.Br.C1=c2ccc([nH]2)=Cc2ccc(n2-c2cc(OCCc3ccccn3)cc(OCCc3ccccn3)c2)C=c2[nH]c(c3ccc4ccccc4c23)=Cc2ccc1n2-c1cc(OCCc2ccccn2)cc(OCCc2ccccn2)c1. The molecule has 84 heavy (non-hydrogen) atoms. The second-order valence-electron chi connectivity index (χ2n) is 19.6. The maximum Gasteiger partial charge on any atom is 0.125 e. The van der Waals surface area contributed by atoms with Crippen LogP contribution in [0.25, 0.3) is 57.2 Å². The molecule has 4 aromatic carbocycles. The van der Waals surface area contributed by atoms with Gasteiger partial charge in [-0.15, -0.1) is 67.9 Å². The smallest absolute Gasteiger partial charge is 0.125 e. The van der Waals surface area contributed by atoms with E-state index in [1.165, 1.54) is 0 Å². The third-order valence-corrected chi connectivity index (χ3v) is 14.2. The molecule has 2 N–H and O–H groups in total. The van der Waals surface area contributed by atoms with Gasteiger partial charge in [0.25, 0.3) is 0 Å². The molecule has 0 spiro atoms. The molecule has 0 unspecified atom stereocenters. The van der Waals surface area contributed by atoms with Crippen molar-refractivity contribution in [2.45, 2.75) is 25.7 Å². The van der Waals surface area contributed by atoms with Crippen LogP contribution in [0.4, 0.5) is 0 Å². The van der Waals surface area contributed by atoms with E-state index in [4.69, 9.17) is 18.9 Å². The van der Waals surface area contributed by atoms with E-state index in [1.54, 1.807) is 0 Å². The lowest BCUT2D eigenvalue weighted by molar-refractivity contribution is 0.304. The molecule has 424 valence electrons. The van der Waals surface area contributed by atoms with E-state index in [9.17, 15) is 0 Å². The highest BCUT2D eigenvalue weighted by atomic mass is 79.9. The number of pyridine rings is 4. The van der Waals surface area contributed by atoms with Crippen molar-refractivity contribution >= 4 is 114 Å². The number of hydrogen-bond acceptors (Lipinski definition) is 8. The predicted molar refractivity (Wildman–Crippen MR) is 356 cm³/mol. The summed E-state index contributed by atoms with van der Waals surface area (Å²) in [5, 5.41) is 8.29. The summed E-state index contributed by atoms with van der Waals surface area (Å²) in [5.41, 5.74) is 9.44. The van der Waals surface area contributed by atoms with E-state index >= 15 is 0 Å². The zero-order valence-electron chi connectivity index (χ0n) is 45.5. The van der Waals surface area contributed by atoms with Crippen LogP contribution < -0.4 is 40.3 Å². The number of aromatic nitrogens is 8. The molecule has 8 bridgehead atoms. The molecule has 0 aliphatic carbocycles. The van der Waals surface area contributed by atoms with Crippen LogP contribution in [0, 0.1) is 0 Å². The molecule has 0 amide bonds. The average Bonchev–Trinajstić information content (AvgIpc) is 4.39. The molecular weight excluding hydrogens is 1310 g/mol. The highest BCUT2D eigenvalue weighted by Crippen LogP contribution is 2.32. The van der Waals surface area contributed by atoms with Crippen molar-refractivity contribution in [3.05, 3.63) is 274 Å². The van der Waals surface area contributed by atoms with E-state index < -0.39 is 0 Å². The Morgan fingerprint density at radius 3 is 1.12 bits per heavy atom. The van der Waals surface area contributed by atoms with Gasteiger partial charge < -0.3 is 38.0 Å². The van der Waals surface area contributed by atoms with Crippen LogP contribution in [0.1, 0.15) is 45.6 Å². The van der Waals surface area contributed by atoms with Gasteiger partial charge in [0.15, 0.2) is 0 Å². The van der Waals surface area contributed by atoms with Crippen molar-refractivity contribution in [1.29, 1.82) is 0 Å². The Morgan fingerprint density at radius 2 is 0.714 bits per heavy atom. The number of rotatable bonds is 18. The lowest BCUT2D eigenvalue weighted by atomic mass is 10.0. The van der Waals surface area contributed by atoms with Gasteiger partial charge in [0.05, 0.1) is 37.8 Å². The quantitative estimate of drug-likeness (QED) is 0.0869. The largest absolute Gasteiger partial charge is 0.493 e. The van der Waals surface area contributed by atoms with Crippen molar-refractivity contribution in [1.82, 2.24) is 39.0 Å². The van der Waals surface area contributed by atoms with Crippen LogP contribution in [-0.4, -0.2) is 65.5 Å². The van der Waals surface area contributed by atoms with Gasteiger partial charge in [0, 0.05) is 165 Å². The standard InChI is InChI=1S/C68H56N8O4.4BrH/c1-2-16-64-47(11-1)17-24-65-66-43-56-22-20-54(75(56)58-39-60(77-33-25-48-12-3-7-29-69-48)45-61(40-58)78-34-26-49-13-4-8-30-70-49)37-52-18-19-53(73-52)38-55-21-23-57(44-67(74-66)68(64)65)76(55)59-41-62(79-35-27-50-14-5-9-31-71-50)46-63(42-59)80-36-28-51-15-6-10-32-72-51;;;;/h1-24,29-32,37-46,73-74H,25-28,33-36H2;4*1H. The fourth-order valence-electron chi connectivity index (χ4n) is 10.5. The van der Waals surface area contributed by atoms with E-state index in [0.29, 0.717) is 75.1 Å². The van der Waals surface area contributed by atoms with E-state index in [-0.39, 0.29) is 67.9 Å². The van der Waals surface area contributed by atoms with Gasteiger partial charge in [-0.2, -0.15) is 0 Å². The molecule has 13 rings (SSSR count). The van der Waals surface area contributed by atoms with Gasteiger partial charge in [0.2, 0.25) is 0 Å². The monoisotopic (exact) mass is 1370 g/mol. The summed E-state index contributed by atoms with van der Waals surface area (Å²) in [6, 6.07) is 62.1. The number of aromatic amines is 2. The van der Waals surface area contributed by atoms with Crippen LogP contribution in [0.5, 0.6) is 23.0 Å². The van der Waals surface area contributed by atoms with Crippen molar-refractivity contribution in [3.8, 4) is 34.4 Å². The highest BCUT2D eigenvalue weighted by Gasteiger charge is 2.17. The maximum atomic E-state index is 6.56. The summed E-state index contributed by atoms with van der Waals surface area (Å²) in [6.07, 6.45) is 18.7. The van der Waals surface area contributed by atoms with Gasteiger partial charge in [0.1, 0.15) is 23.0 Å². The van der Waals surface area contributed by atoms with Crippen LogP contribution in [0.3, 0.4) is 0 Å². The Labute approximate surface area is 528 Å². The molecule has 1 aliphatic rings.